The molecule has 120 valence electrons. The number of rotatable bonds is 7. The number of nitrogens with zero attached hydrogens (tertiary/aromatic N) is 1. The van der Waals surface area contributed by atoms with Gasteiger partial charge in [-0.2, -0.15) is 0 Å². The third-order valence-corrected chi connectivity index (χ3v) is 3.96. The quantitative estimate of drug-likeness (QED) is 0.405. The van der Waals surface area contributed by atoms with Crippen LogP contribution in [-0.4, -0.2) is 36.6 Å². The molecule has 0 saturated heterocycles. The summed E-state index contributed by atoms with van der Waals surface area (Å²) >= 11 is 0. The first-order valence-electron chi connectivity index (χ1n) is 7.36. The Morgan fingerprint density at radius 1 is 1.19 bits per heavy atom. The topological polar surface area (TPSA) is 95.7 Å². The highest BCUT2D eigenvalue weighted by atomic mass is 16.6. The van der Waals surface area contributed by atoms with Gasteiger partial charge in [-0.05, 0) is 39.5 Å². The maximum absolute atomic E-state index is 11.7. The number of carbonyl (C=O) groups is 2. The van der Waals surface area contributed by atoms with E-state index in [4.69, 9.17) is 9.47 Å². The van der Waals surface area contributed by atoms with E-state index in [1.165, 1.54) is 0 Å². The first-order chi connectivity index (χ1) is 9.92. The van der Waals surface area contributed by atoms with Crippen molar-refractivity contribution in [3.63, 3.8) is 0 Å². The molecule has 0 N–H and O–H groups in total. The Labute approximate surface area is 124 Å². The van der Waals surface area contributed by atoms with Gasteiger partial charge >= 0.3 is 11.9 Å². The Balaban J connectivity index is 2.67. The first kappa shape index (κ1) is 17.4. The van der Waals surface area contributed by atoms with E-state index in [9.17, 15) is 19.7 Å². The van der Waals surface area contributed by atoms with Crippen molar-refractivity contribution in [3.05, 3.63) is 10.1 Å². The van der Waals surface area contributed by atoms with Crippen molar-refractivity contribution in [2.24, 2.45) is 11.3 Å². The average Bonchev–Trinajstić information content (AvgIpc) is 2.38. The van der Waals surface area contributed by atoms with Crippen LogP contribution in [0.15, 0.2) is 0 Å². The largest absolute Gasteiger partial charge is 0.466 e. The van der Waals surface area contributed by atoms with Crippen LogP contribution in [0.5, 0.6) is 0 Å². The molecule has 1 rings (SSSR count). The second-order valence-electron chi connectivity index (χ2n) is 5.50. The van der Waals surface area contributed by atoms with E-state index in [1.54, 1.807) is 13.8 Å². The number of nitro groups is 1. The third-order valence-electron chi connectivity index (χ3n) is 3.96. The SMILES string of the molecule is CCOC(=O)CC1(C[N+](=O)[O-])CCC(C(=O)OCC)CC1. The number of esters is 2. The number of hydrogen-bond donors (Lipinski definition) is 0. The molecule has 0 aromatic carbocycles. The Hall–Kier alpha value is -1.66. The van der Waals surface area contributed by atoms with Gasteiger partial charge in [-0.3, -0.25) is 19.7 Å². The fourth-order valence-electron chi connectivity index (χ4n) is 2.91. The standard InChI is InChI=1S/C14H23NO6/c1-3-20-12(16)9-14(10-15(18)19)7-5-11(6-8-14)13(17)21-4-2/h11H,3-10H2,1-2H3. The van der Waals surface area contributed by atoms with Crippen molar-refractivity contribution < 1.29 is 24.0 Å². The minimum Gasteiger partial charge on any atom is -0.466 e. The smallest absolute Gasteiger partial charge is 0.308 e. The van der Waals surface area contributed by atoms with Crippen molar-refractivity contribution in [1.82, 2.24) is 0 Å². The van der Waals surface area contributed by atoms with E-state index in [-0.39, 0.29) is 36.4 Å². The maximum atomic E-state index is 11.7. The lowest BCUT2D eigenvalue weighted by Gasteiger charge is -2.35. The summed E-state index contributed by atoms with van der Waals surface area (Å²) in [5, 5.41) is 10.9. The molecule has 0 aliphatic heterocycles. The van der Waals surface area contributed by atoms with Gasteiger partial charge in [0.2, 0.25) is 6.54 Å². The van der Waals surface area contributed by atoms with E-state index < -0.39 is 11.4 Å². The summed E-state index contributed by atoms with van der Waals surface area (Å²) in [7, 11) is 0. The van der Waals surface area contributed by atoms with Crippen LogP contribution in [0.3, 0.4) is 0 Å². The molecule has 0 atom stereocenters. The molecule has 0 radical (unpaired) electrons. The molecule has 0 heterocycles. The number of hydrogen-bond acceptors (Lipinski definition) is 6. The zero-order valence-electron chi connectivity index (χ0n) is 12.6. The minimum atomic E-state index is -0.696. The summed E-state index contributed by atoms with van der Waals surface area (Å²) in [6, 6.07) is 0. The molecule has 0 unspecified atom stereocenters. The van der Waals surface area contributed by atoms with Crippen molar-refractivity contribution in [2.75, 3.05) is 19.8 Å². The molecule has 1 saturated carbocycles. The molecular formula is C14H23NO6. The molecule has 1 fully saturated rings. The van der Waals surface area contributed by atoms with Gasteiger partial charge in [-0.25, -0.2) is 0 Å². The van der Waals surface area contributed by atoms with Crippen LogP contribution >= 0.6 is 0 Å². The van der Waals surface area contributed by atoms with Crippen LogP contribution in [0.4, 0.5) is 0 Å². The van der Waals surface area contributed by atoms with Gasteiger partial charge in [0, 0.05) is 10.3 Å². The summed E-state index contributed by atoms with van der Waals surface area (Å²) in [5.74, 6) is -0.871. The molecule has 21 heavy (non-hydrogen) atoms. The van der Waals surface area contributed by atoms with Gasteiger partial charge in [0.25, 0.3) is 0 Å². The normalized spacial score (nSPS) is 25.1. The molecule has 1 aliphatic rings. The Morgan fingerprint density at radius 3 is 2.24 bits per heavy atom. The molecule has 0 aromatic rings. The highest BCUT2D eigenvalue weighted by Gasteiger charge is 2.43. The predicted molar refractivity (Wildman–Crippen MR) is 74.1 cm³/mol. The minimum absolute atomic E-state index is 0.0391. The zero-order chi connectivity index (χ0) is 15.9. The van der Waals surface area contributed by atoms with Crippen molar-refractivity contribution in [2.45, 2.75) is 46.0 Å². The fraction of sp³-hybridized carbons (Fsp3) is 0.857. The lowest BCUT2D eigenvalue weighted by Crippen LogP contribution is -2.38. The van der Waals surface area contributed by atoms with Gasteiger partial charge in [0.05, 0.1) is 25.6 Å². The third kappa shape index (κ3) is 5.32. The van der Waals surface area contributed by atoms with Gasteiger partial charge in [0.15, 0.2) is 0 Å². The average molecular weight is 301 g/mol. The van der Waals surface area contributed by atoms with Crippen LogP contribution in [0.1, 0.15) is 46.0 Å². The Bertz CT molecular complexity index is 387. The zero-order valence-corrected chi connectivity index (χ0v) is 12.6. The molecule has 0 bridgehead atoms. The molecule has 7 heteroatoms. The highest BCUT2D eigenvalue weighted by Crippen LogP contribution is 2.42. The van der Waals surface area contributed by atoms with E-state index in [0.717, 1.165) is 0 Å². The van der Waals surface area contributed by atoms with E-state index in [1.807, 2.05) is 0 Å². The van der Waals surface area contributed by atoms with Gasteiger partial charge in [-0.15, -0.1) is 0 Å². The second kappa shape index (κ2) is 7.95. The number of carbonyl (C=O) groups excluding carboxylic acids is 2. The maximum Gasteiger partial charge on any atom is 0.308 e. The monoisotopic (exact) mass is 301 g/mol. The summed E-state index contributed by atoms with van der Waals surface area (Å²) in [4.78, 5) is 33.9. The summed E-state index contributed by atoms with van der Waals surface area (Å²) in [6.07, 6.45) is 2.02. The molecule has 0 aromatic heterocycles. The fourth-order valence-corrected chi connectivity index (χ4v) is 2.91. The molecule has 7 nitrogen and oxygen atoms in total. The summed E-state index contributed by atoms with van der Waals surface area (Å²) < 4.78 is 9.90. The molecular weight excluding hydrogens is 278 g/mol. The Morgan fingerprint density at radius 2 is 1.76 bits per heavy atom. The van der Waals surface area contributed by atoms with Crippen molar-refractivity contribution in [3.8, 4) is 0 Å². The van der Waals surface area contributed by atoms with Crippen molar-refractivity contribution in [1.29, 1.82) is 0 Å². The first-order valence-corrected chi connectivity index (χ1v) is 7.36. The predicted octanol–water partition coefficient (Wildman–Crippen LogP) is 1.96. The summed E-state index contributed by atoms with van der Waals surface area (Å²) in [6.45, 7) is 3.78. The lowest BCUT2D eigenvalue weighted by molar-refractivity contribution is -0.499. The molecule has 0 spiro atoms. The Kier molecular flexibility index (Phi) is 6.58. The van der Waals surface area contributed by atoms with Crippen LogP contribution in [0, 0.1) is 21.4 Å². The van der Waals surface area contributed by atoms with Crippen LogP contribution in [0.2, 0.25) is 0 Å². The second-order valence-corrected chi connectivity index (χ2v) is 5.50. The molecule has 0 amide bonds. The van der Waals surface area contributed by atoms with Crippen molar-refractivity contribution >= 4 is 11.9 Å². The van der Waals surface area contributed by atoms with Gasteiger partial charge in [-0.1, -0.05) is 0 Å². The lowest BCUT2D eigenvalue weighted by atomic mass is 9.68. The molecule has 1 aliphatic carbocycles. The van der Waals surface area contributed by atoms with Crippen LogP contribution < -0.4 is 0 Å². The van der Waals surface area contributed by atoms with E-state index >= 15 is 0 Å². The highest BCUT2D eigenvalue weighted by molar-refractivity contribution is 5.73. The van der Waals surface area contributed by atoms with E-state index in [2.05, 4.69) is 0 Å². The number of ether oxygens (including phenoxy) is 2. The van der Waals surface area contributed by atoms with E-state index in [0.29, 0.717) is 32.3 Å². The summed E-state index contributed by atoms with van der Waals surface area (Å²) in [5.41, 5.74) is -0.696. The van der Waals surface area contributed by atoms with Gasteiger partial charge in [0.1, 0.15) is 0 Å². The van der Waals surface area contributed by atoms with Gasteiger partial charge < -0.3 is 9.47 Å². The van der Waals surface area contributed by atoms with Crippen LogP contribution in [-0.2, 0) is 19.1 Å². The van der Waals surface area contributed by atoms with Crippen LogP contribution in [0.25, 0.3) is 0 Å².